The monoisotopic (exact) mass is 707 g/mol. The Kier molecular flexibility index (Phi) is 8.51. The zero-order chi connectivity index (χ0) is 36.5. The van der Waals surface area contributed by atoms with Crippen molar-refractivity contribution in [3.8, 4) is 0 Å². The molecule has 7 nitrogen and oxygen atoms in total. The lowest BCUT2D eigenvalue weighted by Gasteiger charge is -2.73. The molecule has 7 aliphatic carbocycles. The SMILES string of the molecule is CCN1CCN(C(=O)[C@]23CC[C@@H](C4CC4)[C@@H]2[C@H]2CC[C@@H]4[C@@]5(C)CC[C@H](OC(=O)[C@H]6C[C@@H](C(=O)O)C6(C)C)C(C)(C)[C@@H]5CC[C@@]4(C)[C@]2(C)CC3)CC1. The van der Waals surface area contributed by atoms with E-state index in [4.69, 9.17) is 4.74 Å². The lowest BCUT2D eigenvalue weighted by Crippen LogP contribution is -2.68. The molecule has 0 unspecified atom stereocenters. The van der Waals surface area contributed by atoms with Gasteiger partial charge in [-0.05, 0) is 147 Å². The molecule has 8 aliphatic rings. The van der Waals surface area contributed by atoms with Crippen molar-refractivity contribution in [2.75, 3.05) is 32.7 Å². The molecule has 286 valence electrons. The third-order valence-electron chi connectivity index (χ3n) is 19.3. The Bertz CT molecular complexity index is 1430. The smallest absolute Gasteiger partial charge is 0.309 e. The molecule has 0 bridgehead atoms. The van der Waals surface area contributed by atoms with Gasteiger partial charge < -0.3 is 19.6 Å². The number of hydrogen-bond acceptors (Lipinski definition) is 5. The van der Waals surface area contributed by atoms with Crippen molar-refractivity contribution in [2.45, 2.75) is 145 Å². The first-order chi connectivity index (χ1) is 24.0. The standard InChI is InChI=1S/C44H70N2O5/c1-9-45-22-24-46(25-23-45)38(50)44-19-14-28(27-10-11-27)35(44)29-12-13-33-41(6)17-16-34(51-37(49)31-26-30(36(47)48)39(31,2)3)40(4,5)32(41)15-18-43(33,8)42(29,7)20-21-44/h27-35H,9-26H2,1-8H3,(H,47,48)/t28-,29+,30-,31+,32-,33+,34-,35+,41-,42+,43+,44-/m0/s1. The molecule has 12 atom stereocenters. The van der Waals surface area contributed by atoms with Crippen LogP contribution in [-0.4, -0.2) is 71.6 Å². The number of carbonyl (C=O) groups excluding carboxylic acids is 2. The maximum Gasteiger partial charge on any atom is 0.309 e. The number of esters is 1. The molecule has 1 heterocycles. The molecular formula is C44H70N2O5. The van der Waals surface area contributed by atoms with Crippen LogP contribution in [0.1, 0.15) is 139 Å². The molecule has 0 aromatic rings. The van der Waals surface area contributed by atoms with E-state index < -0.39 is 17.3 Å². The van der Waals surface area contributed by atoms with Crippen LogP contribution in [0.25, 0.3) is 0 Å². The molecule has 7 heteroatoms. The second-order valence-corrected chi connectivity index (χ2v) is 21.4. The fourth-order valence-corrected chi connectivity index (χ4v) is 15.8. The van der Waals surface area contributed by atoms with Crippen molar-refractivity contribution in [2.24, 2.45) is 79.8 Å². The molecular weight excluding hydrogens is 636 g/mol. The number of ether oxygens (including phenoxy) is 1. The van der Waals surface area contributed by atoms with E-state index >= 15 is 0 Å². The zero-order valence-electron chi connectivity index (χ0n) is 33.4. The number of amides is 1. The minimum absolute atomic E-state index is 0.127. The molecule has 1 N–H and O–H groups in total. The fraction of sp³-hybridized carbons (Fsp3) is 0.932. The van der Waals surface area contributed by atoms with Gasteiger partial charge in [-0.1, -0.05) is 55.4 Å². The highest BCUT2D eigenvalue weighted by molar-refractivity contribution is 5.84. The fourth-order valence-electron chi connectivity index (χ4n) is 15.8. The summed E-state index contributed by atoms with van der Waals surface area (Å²) in [6, 6.07) is 0. The first kappa shape index (κ1) is 36.4. The largest absolute Gasteiger partial charge is 0.481 e. The number of carbonyl (C=O) groups is 3. The Morgan fingerprint density at radius 3 is 2.04 bits per heavy atom. The quantitative estimate of drug-likeness (QED) is 0.280. The molecule has 0 radical (unpaired) electrons. The van der Waals surface area contributed by atoms with Gasteiger partial charge in [0.25, 0.3) is 0 Å². The van der Waals surface area contributed by atoms with E-state index in [0.717, 1.165) is 70.2 Å². The van der Waals surface area contributed by atoms with Gasteiger partial charge in [-0.3, -0.25) is 14.4 Å². The van der Waals surface area contributed by atoms with Gasteiger partial charge >= 0.3 is 11.9 Å². The molecule has 7 saturated carbocycles. The molecule has 51 heavy (non-hydrogen) atoms. The Morgan fingerprint density at radius 1 is 0.706 bits per heavy atom. The van der Waals surface area contributed by atoms with E-state index in [-0.39, 0.29) is 45.1 Å². The predicted molar refractivity (Wildman–Crippen MR) is 198 cm³/mol. The van der Waals surface area contributed by atoms with E-state index in [2.05, 4.69) is 51.3 Å². The summed E-state index contributed by atoms with van der Waals surface area (Å²) in [5.74, 6) is 2.61. The van der Waals surface area contributed by atoms with Gasteiger partial charge in [0.2, 0.25) is 5.91 Å². The summed E-state index contributed by atoms with van der Waals surface area (Å²) >= 11 is 0. The first-order valence-corrected chi connectivity index (χ1v) is 21.4. The van der Waals surface area contributed by atoms with Crippen LogP contribution in [0.2, 0.25) is 0 Å². The van der Waals surface area contributed by atoms with E-state index in [0.29, 0.717) is 36.0 Å². The first-order valence-electron chi connectivity index (χ1n) is 21.4. The highest BCUT2D eigenvalue weighted by atomic mass is 16.5. The molecule has 1 saturated heterocycles. The van der Waals surface area contributed by atoms with Crippen LogP contribution < -0.4 is 0 Å². The van der Waals surface area contributed by atoms with Crippen molar-refractivity contribution >= 4 is 17.8 Å². The van der Waals surface area contributed by atoms with E-state index in [9.17, 15) is 19.5 Å². The summed E-state index contributed by atoms with van der Waals surface area (Å²) < 4.78 is 6.45. The molecule has 0 aromatic heterocycles. The Labute approximate surface area is 308 Å². The maximum absolute atomic E-state index is 14.9. The zero-order valence-corrected chi connectivity index (χ0v) is 33.4. The molecule has 1 aliphatic heterocycles. The second-order valence-electron chi connectivity index (χ2n) is 21.4. The van der Waals surface area contributed by atoms with Gasteiger partial charge in [0.15, 0.2) is 0 Å². The third kappa shape index (κ3) is 4.99. The summed E-state index contributed by atoms with van der Waals surface area (Å²) in [5, 5.41) is 9.66. The van der Waals surface area contributed by atoms with Crippen LogP contribution in [-0.2, 0) is 19.1 Å². The van der Waals surface area contributed by atoms with Gasteiger partial charge in [-0.25, -0.2) is 0 Å². The predicted octanol–water partition coefficient (Wildman–Crippen LogP) is 8.30. The van der Waals surface area contributed by atoms with E-state index in [1.165, 1.54) is 51.4 Å². The lowest BCUT2D eigenvalue weighted by molar-refractivity contribution is -0.252. The highest BCUT2D eigenvalue weighted by Crippen LogP contribution is 2.78. The lowest BCUT2D eigenvalue weighted by atomic mass is 9.32. The summed E-state index contributed by atoms with van der Waals surface area (Å²) in [6.45, 7) is 23.8. The van der Waals surface area contributed by atoms with Crippen LogP contribution in [0.4, 0.5) is 0 Å². The number of aliphatic carboxylic acids is 1. The van der Waals surface area contributed by atoms with Gasteiger partial charge in [-0.15, -0.1) is 0 Å². The maximum atomic E-state index is 14.9. The van der Waals surface area contributed by atoms with Crippen molar-refractivity contribution in [1.29, 1.82) is 0 Å². The van der Waals surface area contributed by atoms with Gasteiger partial charge in [0.1, 0.15) is 6.10 Å². The second kappa shape index (κ2) is 11.9. The molecule has 8 rings (SSSR count). The summed E-state index contributed by atoms with van der Waals surface area (Å²) in [4.78, 5) is 45.1. The van der Waals surface area contributed by atoms with Crippen LogP contribution in [0.5, 0.6) is 0 Å². The number of nitrogens with zero attached hydrogens (tertiary/aromatic N) is 2. The Balaban J connectivity index is 1.03. The third-order valence-corrected chi connectivity index (χ3v) is 19.3. The molecule has 1 amide bonds. The van der Waals surface area contributed by atoms with Crippen LogP contribution in [0.15, 0.2) is 0 Å². The summed E-state index contributed by atoms with van der Waals surface area (Å²) in [6.07, 6.45) is 14.6. The average Bonchev–Trinajstić information content (AvgIpc) is 3.85. The minimum atomic E-state index is -0.803. The number of carboxylic acids is 1. The van der Waals surface area contributed by atoms with Gasteiger partial charge in [0.05, 0.1) is 17.3 Å². The van der Waals surface area contributed by atoms with Crippen molar-refractivity contribution in [3.63, 3.8) is 0 Å². The number of carboxylic acid groups (broad SMARTS) is 1. The van der Waals surface area contributed by atoms with Gasteiger partial charge in [0, 0.05) is 31.6 Å². The van der Waals surface area contributed by atoms with Crippen LogP contribution in [0, 0.1) is 79.8 Å². The average molecular weight is 707 g/mol. The summed E-state index contributed by atoms with van der Waals surface area (Å²) in [5.41, 5.74) is -0.185. The van der Waals surface area contributed by atoms with Crippen molar-refractivity contribution in [3.05, 3.63) is 0 Å². The Hall–Kier alpha value is -1.63. The molecule has 0 spiro atoms. The number of hydrogen-bond donors (Lipinski definition) is 1. The van der Waals surface area contributed by atoms with Crippen molar-refractivity contribution in [1.82, 2.24) is 9.80 Å². The Morgan fingerprint density at radius 2 is 1.41 bits per heavy atom. The van der Waals surface area contributed by atoms with E-state index in [1.54, 1.807) is 0 Å². The summed E-state index contributed by atoms with van der Waals surface area (Å²) in [7, 11) is 0. The number of rotatable bonds is 6. The van der Waals surface area contributed by atoms with E-state index in [1.807, 2.05) is 13.8 Å². The number of piperazine rings is 1. The normalized spacial score (nSPS) is 48.7. The van der Waals surface area contributed by atoms with Crippen molar-refractivity contribution < 1.29 is 24.2 Å². The van der Waals surface area contributed by atoms with Crippen LogP contribution >= 0.6 is 0 Å². The van der Waals surface area contributed by atoms with Gasteiger partial charge in [-0.2, -0.15) is 0 Å². The van der Waals surface area contributed by atoms with Crippen LogP contribution in [0.3, 0.4) is 0 Å². The highest BCUT2D eigenvalue weighted by Gasteiger charge is 2.73. The minimum Gasteiger partial charge on any atom is -0.481 e. The molecule has 8 fully saturated rings. The number of likely N-dealkylation sites (N-methyl/N-ethyl adjacent to an activating group) is 1. The number of fused-ring (bicyclic) bond motifs is 7. The topological polar surface area (TPSA) is 87.2 Å². The molecule has 0 aromatic carbocycles.